The molecule has 2 aromatic rings. The van der Waals surface area contributed by atoms with Gasteiger partial charge < -0.3 is 11.1 Å². The number of benzene rings is 2. The molecule has 1 amide bonds. The van der Waals surface area contributed by atoms with E-state index in [1.54, 1.807) is 0 Å². The van der Waals surface area contributed by atoms with Crippen molar-refractivity contribution in [3.63, 3.8) is 0 Å². The zero-order valence-corrected chi connectivity index (χ0v) is 12.0. The molecule has 3 N–H and O–H groups in total. The minimum atomic E-state index is -0.0265. The smallest absolute Gasteiger partial charge is 0.228 e. The molecule has 0 aromatic heterocycles. The Bertz CT molecular complexity index is 681. The SMILES string of the molecule is Cc1cc(NC(=O)Cc2ccccc2)ccc1C#CCN. The van der Waals surface area contributed by atoms with E-state index in [0.29, 0.717) is 13.0 Å². The van der Waals surface area contributed by atoms with Gasteiger partial charge in [-0.15, -0.1) is 0 Å². The number of anilines is 1. The van der Waals surface area contributed by atoms with E-state index < -0.39 is 0 Å². The molecule has 106 valence electrons. The average Bonchev–Trinajstić information content (AvgIpc) is 2.47. The summed E-state index contributed by atoms with van der Waals surface area (Å²) in [5.74, 6) is 5.81. The summed E-state index contributed by atoms with van der Waals surface area (Å²) in [6, 6.07) is 15.4. The third-order valence-electron chi connectivity index (χ3n) is 3.04. The highest BCUT2D eigenvalue weighted by Gasteiger charge is 2.05. The zero-order valence-electron chi connectivity index (χ0n) is 12.0. The maximum absolute atomic E-state index is 12.0. The standard InChI is InChI=1S/C18H18N2O/c1-14-12-17(10-9-16(14)8-5-11-19)20-18(21)13-15-6-3-2-4-7-15/h2-4,6-7,9-10,12H,11,13,19H2,1H3,(H,20,21). The first kappa shape index (κ1) is 14.8. The second-order valence-corrected chi connectivity index (χ2v) is 4.75. The lowest BCUT2D eigenvalue weighted by atomic mass is 10.1. The number of carbonyl (C=O) groups is 1. The Morgan fingerprint density at radius 1 is 1.19 bits per heavy atom. The number of nitrogens with two attached hydrogens (primary N) is 1. The fraction of sp³-hybridized carbons (Fsp3) is 0.167. The van der Waals surface area contributed by atoms with Crippen LogP contribution in [0, 0.1) is 18.8 Å². The molecule has 21 heavy (non-hydrogen) atoms. The van der Waals surface area contributed by atoms with Crippen LogP contribution in [0.1, 0.15) is 16.7 Å². The molecule has 2 rings (SSSR count). The van der Waals surface area contributed by atoms with Crippen LogP contribution in [-0.2, 0) is 11.2 Å². The molecule has 0 atom stereocenters. The van der Waals surface area contributed by atoms with Crippen molar-refractivity contribution in [2.45, 2.75) is 13.3 Å². The van der Waals surface area contributed by atoms with Crippen LogP contribution in [-0.4, -0.2) is 12.5 Å². The van der Waals surface area contributed by atoms with Crippen LogP contribution in [0.25, 0.3) is 0 Å². The highest BCUT2D eigenvalue weighted by molar-refractivity contribution is 5.92. The molecule has 0 bridgehead atoms. The fourth-order valence-corrected chi connectivity index (χ4v) is 2.01. The van der Waals surface area contributed by atoms with Gasteiger partial charge in [-0.2, -0.15) is 0 Å². The Morgan fingerprint density at radius 3 is 2.62 bits per heavy atom. The normalized spacial score (nSPS) is 9.62. The van der Waals surface area contributed by atoms with Crippen molar-refractivity contribution in [2.24, 2.45) is 5.73 Å². The van der Waals surface area contributed by atoms with Gasteiger partial charge >= 0.3 is 0 Å². The van der Waals surface area contributed by atoms with Crippen LogP contribution < -0.4 is 11.1 Å². The third kappa shape index (κ3) is 4.48. The quantitative estimate of drug-likeness (QED) is 0.848. The van der Waals surface area contributed by atoms with Crippen molar-refractivity contribution in [3.8, 4) is 11.8 Å². The topological polar surface area (TPSA) is 55.1 Å². The molecule has 0 radical (unpaired) electrons. The molecular formula is C18H18N2O. The molecule has 0 unspecified atom stereocenters. The molecule has 0 spiro atoms. The van der Waals surface area contributed by atoms with Crippen LogP contribution in [0.2, 0.25) is 0 Å². The van der Waals surface area contributed by atoms with E-state index in [2.05, 4.69) is 17.2 Å². The highest BCUT2D eigenvalue weighted by Crippen LogP contribution is 2.15. The summed E-state index contributed by atoms with van der Waals surface area (Å²) < 4.78 is 0. The first-order valence-corrected chi connectivity index (χ1v) is 6.82. The number of aryl methyl sites for hydroxylation is 1. The van der Waals surface area contributed by atoms with Crippen LogP contribution in [0.5, 0.6) is 0 Å². The summed E-state index contributed by atoms with van der Waals surface area (Å²) in [4.78, 5) is 12.0. The van der Waals surface area contributed by atoms with Gasteiger partial charge in [0, 0.05) is 11.3 Å². The first-order chi connectivity index (χ1) is 10.2. The van der Waals surface area contributed by atoms with Gasteiger partial charge in [0.15, 0.2) is 0 Å². The van der Waals surface area contributed by atoms with Gasteiger partial charge in [0.25, 0.3) is 0 Å². The second-order valence-electron chi connectivity index (χ2n) is 4.75. The van der Waals surface area contributed by atoms with Gasteiger partial charge in [0.1, 0.15) is 0 Å². The van der Waals surface area contributed by atoms with E-state index in [9.17, 15) is 4.79 Å². The lowest BCUT2D eigenvalue weighted by Crippen LogP contribution is -2.14. The van der Waals surface area contributed by atoms with Crippen LogP contribution in [0.15, 0.2) is 48.5 Å². The number of carbonyl (C=O) groups excluding carboxylic acids is 1. The Kier molecular flexibility index (Phi) is 5.14. The first-order valence-electron chi connectivity index (χ1n) is 6.82. The van der Waals surface area contributed by atoms with E-state index in [1.165, 1.54) is 0 Å². The minimum Gasteiger partial charge on any atom is -0.326 e. The van der Waals surface area contributed by atoms with Crippen molar-refractivity contribution in [3.05, 3.63) is 65.2 Å². The summed E-state index contributed by atoms with van der Waals surface area (Å²) >= 11 is 0. The Morgan fingerprint density at radius 2 is 1.95 bits per heavy atom. The van der Waals surface area contributed by atoms with E-state index in [0.717, 1.165) is 22.4 Å². The minimum absolute atomic E-state index is 0.0265. The Hall–Kier alpha value is -2.57. The highest BCUT2D eigenvalue weighted by atomic mass is 16.1. The lowest BCUT2D eigenvalue weighted by molar-refractivity contribution is -0.115. The molecule has 3 nitrogen and oxygen atoms in total. The van der Waals surface area contributed by atoms with Crippen molar-refractivity contribution in [2.75, 3.05) is 11.9 Å². The molecule has 0 aliphatic rings. The molecule has 0 saturated heterocycles. The van der Waals surface area contributed by atoms with E-state index in [1.807, 2.05) is 55.5 Å². The summed E-state index contributed by atoms with van der Waals surface area (Å²) in [5.41, 5.74) is 9.10. The summed E-state index contributed by atoms with van der Waals surface area (Å²) in [6.45, 7) is 2.31. The fourth-order valence-electron chi connectivity index (χ4n) is 2.01. The number of hydrogen-bond acceptors (Lipinski definition) is 2. The number of hydrogen-bond donors (Lipinski definition) is 2. The van der Waals surface area contributed by atoms with E-state index in [-0.39, 0.29) is 5.91 Å². The lowest BCUT2D eigenvalue weighted by Gasteiger charge is -2.07. The van der Waals surface area contributed by atoms with Crippen molar-refractivity contribution in [1.29, 1.82) is 0 Å². The number of nitrogens with one attached hydrogen (secondary N) is 1. The molecule has 0 fully saturated rings. The zero-order chi connectivity index (χ0) is 15.1. The maximum Gasteiger partial charge on any atom is 0.228 e. The Balaban J connectivity index is 2.03. The van der Waals surface area contributed by atoms with Crippen LogP contribution >= 0.6 is 0 Å². The molecule has 3 heteroatoms. The van der Waals surface area contributed by atoms with Crippen LogP contribution in [0.4, 0.5) is 5.69 Å². The summed E-state index contributed by atoms with van der Waals surface area (Å²) in [6.07, 6.45) is 0.370. The van der Waals surface area contributed by atoms with Gasteiger partial charge in [-0.3, -0.25) is 4.79 Å². The third-order valence-corrected chi connectivity index (χ3v) is 3.04. The van der Waals surface area contributed by atoms with Gasteiger partial charge in [-0.25, -0.2) is 0 Å². The van der Waals surface area contributed by atoms with Crippen molar-refractivity contribution >= 4 is 11.6 Å². The maximum atomic E-state index is 12.0. The molecular weight excluding hydrogens is 260 g/mol. The van der Waals surface area contributed by atoms with Crippen molar-refractivity contribution in [1.82, 2.24) is 0 Å². The van der Waals surface area contributed by atoms with E-state index >= 15 is 0 Å². The summed E-state index contributed by atoms with van der Waals surface area (Å²) in [5, 5.41) is 2.90. The molecule has 0 saturated carbocycles. The largest absolute Gasteiger partial charge is 0.326 e. The molecule has 0 heterocycles. The Labute approximate surface area is 125 Å². The molecule has 0 aliphatic heterocycles. The van der Waals surface area contributed by atoms with Gasteiger partial charge in [-0.05, 0) is 36.2 Å². The predicted molar refractivity (Wildman–Crippen MR) is 85.9 cm³/mol. The number of rotatable bonds is 3. The predicted octanol–water partition coefficient (Wildman–Crippen LogP) is 2.49. The molecule has 0 aliphatic carbocycles. The summed E-state index contributed by atoms with van der Waals surface area (Å²) in [7, 11) is 0. The van der Waals surface area contributed by atoms with Gasteiger partial charge in [0.2, 0.25) is 5.91 Å². The van der Waals surface area contributed by atoms with Crippen molar-refractivity contribution < 1.29 is 4.79 Å². The van der Waals surface area contributed by atoms with Gasteiger partial charge in [0.05, 0.1) is 13.0 Å². The van der Waals surface area contributed by atoms with Crippen LogP contribution in [0.3, 0.4) is 0 Å². The average molecular weight is 278 g/mol. The molecule has 2 aromatic carbocycles. The monoisotopic (exact) mass is 278 g/mol. The van der Waals surface area contributed by atoms with E-state index in [4.69, 9.17) is 5.73 Å². The number of amides is 1. The van der Waals surface area contributed by atoms with Gasteiger partial charge in [-0.1, -0.05) is 42.2 Å². The second kappa shape index (κ2) is 7.28.